The smallest absolute Gasteiger partial charge is 0.406 e. The predicted molar refractivity (Wildman–Crippen MR) is 123 cm³/mol. The molecule has 0 saturated heterocycles. The first-order chi connectivity index (χ1) is 15.9. The van der Waals surface area contributed by atoms with Gasteiger partial charge in [-0.15, -0.1) is 13.2 Å². The number of hydrogen-bond acceptors (Lipinski definition) is 5. The summed E-state index contributed by atoms with van der Waals surface area (Å²) in [6, 6.07) is 15.3. The number of anilines is 2. The molecule has 0 bridgehead atoms. The van der Waals surface area contributed by atoms with E-state index in [0.29, 0.717) is 16.8 Å². The number of halogens is 3. The molecule has 3 rings (SSSR count). The lowest BCUT2D eigenvalue weighted by atomic mass is 10.0. The molecule has 34 heavy (non-hydrogen) atoms. The molecule has 3 aromatic rings. The van der Waals surface area contributed by atoms with Gasteiger partial charge in [0.25, 0.3) is 5.91 Å². The molecule has 7 nitrogen and oxygen atoms in total. The number of alkyl halides is 3. The number of rotatable bonds is 6. The van der Waals surface area contributed by atoms with E-state index < -0.39 is 24.7 Å². The van der Waals surface area contributed by atoms with Gasteiger partial charge >= 0.3 is 6.36 Å². The van der Waals surface area contributed by atoms with E-state index >= 15 is 0 Å². The van der Waals surface area contributed by atoms with Crippen molar-refractivity contribution in [1.29, 1.82) is 0 Å². The van der Waals surface area contributed by atoms with E-state index in [9.17, 15) is 22.8 Å². The van der Waals surface area contributed by atoms with Crippen molar-refractivity contribution < 1.29 is 27.5 Å². The van der Waals surface area contributed by atoms with Gasteiger partial charge in [0.2, 0.25) is 5.91 Å². The summed E-state index contributed by atoms with van der Waals surface area (Å²) in [6.07, 6.45) is -4.79. The van der Waals surface area contributed by atoms with Gasteiger partial charge < -0.3 is 15.8 Å². The third-order valence-electron chi connectivity index (χ3n) is 5.03. The molecule has 0 aliphatic carbocycles. The Kier molecular flexibility index (Phi) is 7.11. The maximum atomic E-state index is 12.9. The number of hydrazine groups is 1. The SMILES string of the molecule is Cc1cccc(C)c1NC(=O)CN(N)C(=O)c1cc(-c2ccc(OC(F)(F)F)cc2)ccc1N. The fraction of sp³-hybridized carbons (Fsp3) is 0.167. The topological polar surface area (TPSA) is 111 Å². The molecule has 2 amide bonds. The number of ether oxygens (including phenoxy) is 1. The molecule has 0 aliphatic rings. The number of benzene rings is 3. The van der Waals surface area contributed by atoms with Crippen molar-refractivity contribution >= 4 is 23.2 Å². The molecular weight excluding hydrogens is 449 g/mol. The van der Waals surface area contributed by atoms with E-state index in [1.54, 1.807) is 6.07 Å². The van der Waals surface area contributed by atoms with Gasteiger partial charge in [-0.3, -0.25) is 14.6 Å². The number of amides is 2. The maximum absolute atomic E-state index is 12.9. The Hall–Kier alpha value is -4.05. The third-order valence-corrected chi connectivity index (χ3v) is 5.03. The van der Waals surface area contributed by atoms with Crippen molar-refractivity contribution in [1.82, 2.24) is 5.01 Å². The molecule has 0 aromatic heterocycles. The molecule has 0 aliphatic heterocycles. The average molecular weight is 472 g/mol. The van der Waals surface area contributed by atoms with Gasteiger partial charge in [-0.1, -0.05) is 36.4 Å². The van der Waals surface area contributed by atoms with Crippen LogP contribution >= 0.6 is 0 Å². The Labute approximate surface area is 194 Å². The van der Waals surface area contributed by atoms with E-state index in [0.717, 1.165) is 28.3 Å². The van der Waals surface area contributed by atoms with Gasteiger partial charge in [0, 0.05) is 11.4 Å². The number of nitrogens with two attached hydrogens (primary N) is 2. The number of nitrogen functional groups attached to an aromatic ring is 1. The van der Waals surface area contributed by atoms with Gasteiger partial charge in [-0.25, -0.2) is 5.84 Å². The number of aryl methyl sites for hydroxylation is 2. The van der Waals surface area contributed by atoms with E-state index in [1.807, 2.05) is 32.0 Å². The van der Waals surface area contributed by atoms with Gasteiger partial charge in [-0.05, 0) is 60.4 Å². The summed E-state index contributed by atoms with van der Waals surface area (Å²) in [5, 5.41) is 3.50. The number of carbonyl (C=O) groups is 2. The van der Waals surface area contributed by atoms with Gasteiger partial charge in [0.1, 0.15) is 12.3 Å². The van der Waals surface area contributed by atoms with Crippen LogP contribution in [0.3, 0.4) is 0 Å². The van der Waals surface area contributed by atoms with Crippen molar-refractivity contribution in [2.24, 2.45) is 5.84 Å². The van der Waals surface area contributed by atoms with Gasteiger partial charge in [-0.2, -0.15) is 0 Å². The Morgan fingerprint density at radius 3 is 2.15 bits per heavy atom. The van der Waals surface area contributed by atoms with E-state index in [1.165, 1.54) is 24.3 Å². The summed E-state index contributed by atoms with van der Waals surface area (Å²) < 4.78 is 40.9. The Balaban J connectivity index is 1.74. The fourth-order valence-electron chi connectivity index (χ4n) is 3.34. The van der Waals surface area contributed by atoms with Crippen LogP contribution in [0.2, 0.25) is 0 Å². The second-order valence-corrected chi connectivity index (χ2v) is 7.62. The number of hydrogen-bond donors (Lipinski definition) is 3. The van der Waals surface area contributed by atoms with Crippen LogP contribution in [0.15, 0.2) is 60.7 Å². The van der Waals surface area contributed by atoms with Gasteiger partial charge in [0.15, 0.2) is 0 Å². The van der Waals surface area contributed by atoms with Crippen molar-refractivity contribution in [3.8, 4) is 16.9 Å². The van der Waals surface area contributed by atoms with Crippen molar-refractivity contribution in [2.45, 2.75) is 20.2 Å². The molecule has 0 saturated carbocycles. The van der Waals surface area contributed by atoms with Gasteiger partial charge in [0.05, 0.1) is 5.56 Å². The van der Waals surface area contributed by atoms with Crippen LogP contribution in [0.1, 0.15) is 21.5 Å². The molecule has 0 unspecified atom stereocenters. The average Bonchev–Trinajstić information content (AvgIpc) is 2.76. The zero-order valence-corrected chi connectivity index (χ0v) is 18.4. The molecular formula is C24H23F3N4O3. The zero-order chi connectivity index (χ0) is 25.0. The number of nitrogens with zero attached hydrogens (tertiary/aromatic N) is 1. The van der Waals surface area contributed by atoms with Crippen molar-refractivity contribution in [2.75, 3.05) is 17.6 Å². The minimum absolute atomic E-state index is 0.0514. The lowest BCUT2D eigenvalue weighted by molar-refractivity contribution is -0.274. The molecule has 178 valence electrons. The Morgan fingerprint density at radius 2 is 1.56 bits per heavy atom. The summed E-state index contributed by atoms with van der Waals surface area (Å²) in [5.41, 5.74) is 9.56. The predicted octanol–water partition coefficient (Wildman–Crippen LogP) is 4.41. The summed E-state index contributed by atoms with van der Waals surface area (Å²) in [7, 11) is 0. The highest BCUT2D eigenvalue weighted by atomic mass is 19.4. The molecule has 0 fully saturated rings. The first kappa shape index (κ1) is 24.6. The highest BCUT2D eigenvalue weighted by Gasteiger charge is 2.31. The van der Waals surface area contributed by atoms with E-state index in [-0.39, 0.29) is 17.0 Å². The first-order valence-corrected chi connectivity index (χ1v) is 10.1. The molecule has 10 heteroatoms. The zero-order valence-electron chi connectivity index (χ0n) is 18.4. The number of nitrogens with one attached hydrogen (secondary N) is 1. The summed E-state index contributed by atoms with van der Waals surface area (Å²) in [6.45, 7) is 3.28. The second kappa shape index (κ2) is 9.84. The summed E-state index contributed by atoms with van der Waals surface area (Å²) in [5.74, 6) is 4.32. The monoisotopic (exact) mass is 472 g/mol. The standard InChI is InChI=1S/C24H23F3N4O3/c1-14-4-3-5-15(2)22(14)30-21(32)13-31(29)23(33)19-12-17(8-11-20(19)28)16-6-9-18(10-7-16)34-24(25,26)27/h3-12H,13,28-29H2,1-2H3,(H,30,32). The maximum Gasteiger partial charge on any atom is 0.573 e. The van der Waals surface area contributed by atoms with Crippen LogP contribution in [0.4, 0.5) is 24.5 Å². The minimum Gasteiger partial charge on any atom is -0.406 e. The normalized spacial score (nSPS) is 11.1. The summed E-state index contributed by atoms with van der Waals surface area (Å²) >= 11 is 0. The molecule has 5 N–H and O–H groups in total. The second-order valence-electron chi connectivity index (χ2n) is 7.62. The van der Waals surface area contributed by atoms with Crippen molar-refractivity contribution in [3.63, 3.8) is 0 Å². The lowest BCUT2D eigenvalue weighted by Crippen LogP contribution is -2.43. The van der Waals surface area contributed by atoms with Crippen LogP contribution in [-0.4, -0.2) is 29.7 Å². The minimum atomic E-state index is -4.79. The van der Waals surface area contributed by atoms with Crippen LogP contribution in [0.5, 0.6) is 5.75 Å². The number of carbonyl (C=O) groups excluding carboxylic acids is 2. The van der Waals surface area contributed by atoms with Crippen LogP contribution in [0, 0.1) is 13.8 Å². The summed E-state index contributed by atoms with van der Waals surface area (Å²) in [4.78, 5) is 25.3. The van der Waals surface area contributed by atoms with Crippen molar-refractivity contribution in [3.05, 3.63) is 77.4 Å². The van der Waals surface area contributed by atoms with E-state index in [2.05, 4.69) is 10.1 Å². The highest BCUT2D eigenvalue weighted by Crippen LogP contribution is 2.28. The number of para-hydroxylation sites is 1. The third kappa shape index (κ3) is 6.04. The van der Waals surface area contributed by atoms with Crippen LogP contribution in [0.25, 0.3) is 11.1 Å². The van der Waals surface area contributed by atoms with Crippen LogP contribution < -0.4 is 21.6 Å². The quantitative estimate of drug-likeness (QED) is 0.213. The Bertz CT molecular complexity index is 1190. The largest absolute Gasteiger partial charge is 0.573 e. The fourth-order valence-corrected chi connectivity index (χ4v) is 3.34. The molecule has 0 spiro atoms. The molecule has 0 radical (unpaired) electrons. The van der Waals surface area contributed by atoms with Crippen LogP contribution in [-0.2, 0) is 4.79 Å². The Morgan fingerprint density at radius 1 is 0.971 bits per heavy atom. The lowest BCUT2D eigenvalue weighted by Gasteiger charge is -2.19. The molecule has 0 atom stereocenters. The molecule has 3 aromatic carbocycles. The van der Waals surface area contributed by atoms with E-state index in [4.69, 9.17) is 11.6 Å². The highest BCUT2D eigenvalue weighted by molar-refractivity contribution is 6.03. The first-order valence-electron chi connectivity index (χ1n) is 10.1. The molecule has 0 heterocycles.